The van der Waals surface area contributed by atoms with Crippen LogP contribution in [0.25, 0.3) is 5.57 Å². The predicted octanol–water partition coefficient (Wildman–Crippen LogP) is 4.13. The Labute approximate surface area is 105 Å². The maximum absolute atomic E-state index is 11.1. The van der Waals surface area contributed by atoms with Crippen LogP contribution in [0, 0.1) is 0 Å². The molecule has 0 amide bonds. The van der Waals surface area contributed by atoms with Crippen molar-refractivity contribution in [1.82, 2.24) is 0 Å². The van der Waals surface area contributed by atoms with E-state index in [9.17, 15) is 4.79 Å². The summed E-state index contributed by atoms with van der Waals surface area (Å²) in [5, 5.41) is 10.8. The van der Waals surface area contributed by atoms with Crippen LogP contribution in [0.15, 0.2) is 15.9 Å². The highest BCUT2D eigenvalue weighted by atomic mass is 32.1. The fourth-order valence-electron chi connectivity index (χ4n) is 2.01. The van der Waals surface area contributed by atoms with Gasteiger partial charge in [0.25, 0.3) is 0 Å². The summed E-state index contributed by atoms with van der Waals surface area (Å²) in [6.07, 6.45) is 4.68. The summed E-state index contributed by atoms with van der Waals surface area (Å²) in [7, 11) is 0. The summed E-state index contributed by atoms with van der Waals surface area (Å²) in [6.45, 7) is 4.24. The van der Waals surface area contributed by atoms with Crippen LogP contribution >= 0.6 is 11.3 Å². The number of carbonyl (C=O) groups is 1. The van der Waals surface area contributed by atoms with Gasteiger partial charge in [-0.3, -0.25) is 4.99 Å². The summed E-state index contributed by atoms with van der Waals surface area (Å²) >= 11 is 1.49. The van der Waals surface area contributed by atoms with Crippen molar-refractivity contribution in [1.29, 1.82) is 0 Å². The fraction of sp³-hybridized carbons (Fsp3) is 0.385. The van der Waals surface area contributed by atoms with Crippen LogP contribution in [0.5, 0.6) is 0 Å². The number of aliphatic imine (C=N–C) groups is 1. The number of allylic oxidation sites excluding steroid dienone is 2. The second-order valence-electron chi connectivity index (χ2n) is 4.16. The van der Waals surface area contributed by atoms with Crippen molar-refractivity contribution in [2.45, 2.75) is 33.1 Å². The Kier molecular flexibility index (Phi) is 3.43. The van der Waals surface area contributed by atoms with Crippen molar-refractivity contribution in [3.63, 3.8) is 0 Å². The number of thiophene rings is 1. The Morgan fingerprint density at radius 2 is 2.35 bits per heavy atom. The Balaban J connectivity index is 2.57. The molecule has 1 aliphatic rings. The van der Waals surface area contributed by atoms with Crippen molar-refractivity contribution in [2.24, 2.45) is 4.99 Å². The first-order chi connectivity index (χ1) is 8.15. The standard InChI is InChI=1S/C13H15NO2S/c1-3-4-9-8(2)5-6-14-11-10(13(15)16)7-17-12(9)11/h6-7H,3-5H2,1-2H3,(H,15,16). The topological polar surface area (TPSA) is 49.7 Å². The normalized spacial score (nSPS) is 14.7. The van der Waals surface area contributed by atoms with Gasteiger partial charge < -0.3 is 5.11 Å². The largest absolute Gasteiger partial charge is 0.478 e. The van der Waals surface area contributed by atoms with Gasteiger partial charge in [0.1, 0.15) is 0 Å². The summed E-state index contributed by atoms with van der Waals surface area (Å²) in [6, 6.07) is 0. The van der Waals surface area contributed by atoms with Crippen LogP contribution in [0.3, 0.4) is 0 Å². The van der Waals surface area contributed by atoms with Gasteiger partial charge in [-0.05, 0) is 18.9 Å². The van der Waals surface area contributed by atoms with E-state index in [2.05, 4.69) is 18.8 Å². The molecule has 0 saturated carbocycles. The Morgan fingerprint density at radius 3 is 3.00 bits per heavy atom. The van der Waals surface area contributed by atoms with E-state index in [-0.39, 0.29) is 0 Å². The second-order valence-corrected chi connectivity index (χ2v) is 5.04. The zero-order chi connectivity index (χ0) is 12.4. The van der Waals surface area contributed by atoms with Crippen molar-refractivity contribution >= 4 is 34.8 Å². The van der Waals surface area contributed by atoms with E-state index in [1.807, 2.05) is 6.21 Å². The molecule has 0 atom stereocenters. The molecule has 0 aromatic carbocycles. The van der Waals surface area contributed by atoms with E-state index >= 15 is 0 Å². The monoisotopic (exact) mass is 249 g/mol. The molecule has 0 radical (unpaired) electrons. The van der Waals surface area contributed by atoms with E-state index in [0.29, 0.717) is 11.3 Å². The molecule has 4 heteroatoms. The highest BCUT2D eigenvalue weighted by molar-refractivity contribution is 7.12. The van der Waals surface area contributed by atoms with Crippen molar-refractivity contribution in [3.8, 4) is 0 Å². The minimum absolute atomic E-state index is 0.324. The molecule has 0 fully saturated rings. The molecule has 17 heavy (non-hydrogen) atoms. The molecule has 0 spiro atoms. The van der Waals surface area contributed by atoms with Crippen LogP contribution in [-0.4, -0.2) is 17.3 Å². The van der Waals surface area contributed by atoms with Gasteiger partial charge in [0, 0.05) is 18.0 Å². The zero-order valence-electron chi connectivity index (χ0n) is 9.99. The van der Waals surface area contributed by atoms with Crippen molar-refractivity contribution in [3.05, 3.63) is 21.4 Å². The molecular weight excluding hydrogens is 234 g/mol. The number of aromatic carboxylic acids is 1. The van der Waals surface area contributed by atoms with Crippen LogP contribution < -0.4 is 0 Å². The quantitative estimate of drug-likeness (QED) is 0.875. The number of hydrogen-bond acceptors (Lipinski definition) is 3. The van der Waals surface area contributed by atoms with E-state index in [1.54, 1.807) is 5.38 Å². The number of carboxylic acids is 1. The number of fused-ring (bicyclic) bond motifs is 1. The van der Waals surface area contributed by atoms with Gasteiger partial charge in [-0.15, -0.1) is 11.3 Å². The molecule has 2 heterocycles. The summed E-state index contributed by atoms with van der Waals surface area (Å²) in [4.78, 5) is 16.5. The maximum atomic E-state index is 11.1. The van der Waals surface area contributed by atoms with Gasteiger partial charge in [-0.25, -0.2) is 4.79 Å². The van der Waals surface area contributed by atoms with Gasteiger partial charge in [0.2, 0.25) is 0 Å². The van der Waals surface area contributed by atoms with Crippen LogP contribution in [0.1, 0.15) is 48.3 Å². The molecule has 90 valence electrons. The summed E-state index contributed by atoms with van der Waals surface area (Å²) < 4.78 is 0. The molecule has 2 rings (SSSR count). The van der Waals surface area contributed by atoms with Crippen molar-refractivity contribution in [2.75, 3.05) is 0 Å². The Bertz CT molecular complexity index is 511. The van der Waals surface area contributed by atoms with Crippen LogP contribution in [0.4, 0.5) is 5.69 Å². The van der Waals surface area contributed by atoms with Gasteiger partial charge in [0.05, 0.1) is 16.1 Å². The molecule has 0 unspecified atom stereocenters. The molecule has 0 bridgehead atoms. The number of rotatable bonds is 3. The predicted molar refractivity (Wildman–Crippen MR) is 71.5 cm³/mol. The number of hydrogen-bond donors (Lipinski definition) is 1. The van der Waals surface area contributed by atoms with E-state index in [1.165, 1.54) is 22.5 Å². The maximum Gasteiger partial charge on any atom is 0.338 e. The average Bonchev–Trinajstić information content (AvgIpc) is 2.63. The average molecular weight is 249 g/mol. The minimum atomic E-state index is -0.893. The molecule has 1 N–H and O–H groups in total. The molecule has 1 aromatic heterocycles. The Morgan fingerprint density at radius 1 is 1.59 bits per heavy atom. The summed E-state index contributed by atoms with van der Waals surface area (Å²) in [5.74, 6) is -0.893. The van der Waals surface area contributed by atoms with Crippen molar-refractivity contribution < 1.29 is 9.90 Å². The molecule has 3 nitrogen and oxygen atoms in total. The molecule has 1 aliphatic heterocycles. The SMILES string of the molecule is CCCC1=C(C)CC=Nc2c(C(=O)O)csc21. The third kappa shape index (κ3) is 2.17. The van der Waals surface area contributed by atoms with E-state index < -0.39 is 5.97 Å². The highest BCUT2D eigenvalue weighted by Crippen LogP contribution is 2.41. The highest BCUT2D eigenvalue weighted by Gasteiger charge is 2.21. The number of nitrogens with zero attached hydrogens (tertiary/aromatic N) is 1. The summed E-state index contributed by atoms with van der Waals surface area (Å²) in [5.41, 5.74) is 3.54. The molecule has 0 aliphatic carbocycles. The van der Waals surface area contributed by atoms with Gasteiger partial charge in [-0.2, -0.15) is 0 Å². The van der Waals surface area contributed by atoms with Crippen LogP contribution in [0.2, 0.25) is 0 Å². The lowest BCUT2D eigenvalue weighted by molar-refractivity contribution is 0.0698. The second kappa shape index (κ2) is 4.84. The van der Waals surface area contributed by atoms with Gasteiger partial charge in [0.15, 0.2) is 0 Å². The minimum Gasteiger partial charge on any atom is -0.478 e. The molecular formula is C13H15NO2S. The van der Waals surface area contributed by atoms with Gasteiger partial charge in [-0.1, -0.05) is 18.9 Å². The third-order valence-corrected chi connectivity index (χ3v) is 3.93. The molecule has 0 saturated heterocycles. The van der Waals surface area contributed by atoms with Gasteiger partial charge >= 0.3 is 5.97 Å². The zero-order valence-corrected chi connectivity index (χ0v) is 10.8. The first-order valence-corrected chi connectivity index (χ1v) is 6.59. The lowest BCUT2D eigenvalue weighted by Gasteiger charge is -2.07. The van der Waals surface area contributed by atoms with E-state index in [0.717, 1.165) is 24.1 Å². The van der Waals surface area contributed by atoms with E-state index in [4.69, 9.17) is 5.11 Å². The first kappa shape index (κ1) is 12.0. The Hall–Kier alpha value is -1.42. The smallest absolute Gasteiger partial charge is 0.338 e. The number of carboxylic acid groups (broad SMARTS) is 1. The first-order valence-electron chi connectivity index (χ1n) is 5.71. The fourth-order valence-corrected chi connectivity index (χ4v) is 3.15. The van der Waals surface area contributed by atoms with Crippen LogP contribution in [-0.2, 0) is 0 Å². The molecule has 1 aromatic rings. The lowest BCUT2D eigenvalue weighted by atomic mass is 10.0. The third-order valence-electron chi connectivity index (χ3n) is 2.90. The lowest BCUT2D eigenvalue weighted by Crippen LogP contribution is -1.93.